The highest BCUT2D eigenvalue weighted by molar-refractivity contribution is 7.88. The molecule has 1 aliphatic heterocycles. The molecule has 1 aromatic rings. The second-order valence-corrected chi connectivity index (χ2v) is 8.84. The average Bonchev–Trinajstić information content (AvgIpc) is 3.24. The number of amides is 1. The van der Waals surface area contributed by atoms with Crippen LogP contribution in [0, 0.1) is 6.92 Å². The maximum absolute atomic E-state index is 12.5. The largest absolute Gasteiger partial charge is 0.350 e. The standard InChI is InChI=1S/C16H26N4O3S/c1-12-15(11-18-20(12)13-6-3-4-7-13)16(21)17-10-14-8-5-9-19(14)24(2,22)23/h11,13-14H,3-10H2,1-2H3,(H,17,21)/t14-/m1/s1. The van der Waals surface area contributed by atoms with Crippen LogP contribution in [0.4, 0.5) is 0 Å². The molecule has 134 valence electrons. The predicted octanol–water partition coefficient (Wildman–Crippen LogP) is 1.46. The van der Waals surface area contributed by atoms with Crippen LogP contribution in [-0.4, -0.2) is 53.8 Å². The van der Waals surface area contributed by atoms with Gasteiger partial charge in [-0.1, -0.05) is 12.8 Å². The molecule has 1 saturated heterocycles. The molecule has 0 unspecified atom stereocenters. The van der Waals surface area contributed by atoms with E-state index in [-0.39, 0.29) is 11.9 Å². The van der Waals surface area contributed by atoms with Gasteiger partial charge in [-0.15, -0.1) is 0 Å². The Bertz CT molecular complexity index is 707. The number of nitrogens with one attached hydrogen (secondary N) is 1. The van der Waals surface area contributed by atoms with Gasteiger partial charge in [-0.25, -0.2) is 8.42 Å². The van der Waals surface area contributed by atoms with Gasteiger partial charge in [0, 0.05) is 24.8 Å². The van der Waals surface area contributed by atoms with Crippen LogP contribution in [0.15, 0.2) is 6.20 Å². The SMILES string of the molecule is Cc1c(C(=O)NC[C@H]2CCCN2S(C)(=O)=O)cnn1C1CCCC1. The molecule has 2 aliphatic rings. The van der Waals surface area contributed by atoms with Crippen LogP contribution in [0.3, 0.4) is 0 Å². The average molecular weight is 354 g/mol. The fourth-order valence-corrected chi connectivity index (χ4v) is 5.10. The summed E-state index contributed by atoms with van der Waals surface area (Å²) >= 11 is 0. The third-order valence-electron chi connectivity index (χ3n) is 5.21. The monoisotopic (exact) mass is 354 g/mol. The molecule has 1 saturated carbocycles. The van der Waals surface area contributed by atoms with E-state index >= 15 is 0 Å². The lowest BCUT2D eigenvalue weighted by Crippen LogP contribution is -2.42. The first kappa shape index (κ1) is 17.4. The van der Waals surface area contributed by atoms with E-state index in [1.807, 2.05) is 11.6 Å². The van der Waals surface area contributed by atoms with Crippen molar-refractivity contribution in [2.24, 2.45) is 0 Å². The van der Waals surface area contributed by atoms with Gasteiger partial charge in [-0.05, 0) is 32.6 Å². The van der Waals surface area contributed by atoms with Gasteiger partial charge in [-0.3, -0.25) is 9.48 Å². The number of rotatable bonds is 5. The van der Waals surface area contributed by atoms with E-state index in [0.717, 1.165) is 31.4 Å². The van der Waals surface area contributed by atoms with E-state index in [2.05, 4.69) is 10.4 Å². The fraction of sp³-hybridized carbons (Fsp3) is 0.750. The van der Waals surface area contributed by atoms with Crippen molar-refractivity contribution < 1.29 is 13.2 Å². The topological polar surface area (TPSA) is 84.3 Å². The summed E-state index contributed by atoms with van der Waals surface area (Å²) in [5.74, 6) is -0.169. The van der Waals surface area contributed by atoms with E-state index in [9.17, 15) is 13.2 Å². The molecule has 0 aromatic carbocycles. The highest BCUT2D eigenvalue weighted by Gasteiger charge is 2.32. The highest BCUT2D eigenvalue weighted by Crippen LogP contribution is 2.30. The number of aromatic nitrogens is 2. The Morgan fingerprint density at radius 3 is 2.67 bits per heavy atom. The smallest absolute Gasteiger partial charge is 0.254 e. The highest BCUT2D eigenvalue weighted by atomic mass is 32.2. The normalized spacial score (nSPS) is 23.0. The molecule has 0 bridgehead atoms. The predicted molar refractivity (Wildman–Crippen MR) is 91.4 cm³/mol. The molecule has 2 heterocycles. The molecule has 8 heteroatoms. The van der Waals surface area contributed by atoms with Gasteiger partial charge in [0.1, 0.15) is 0 Å². The van der Waals surface area contributed by atoms with Gasteiger partial charge < -0.3 is 5.32 Å². The molecule has 7 nitrogen and oxygen atoms in total. The number of nitrogens with zero attached hydrogens (tertiary/aromatic N) is 3. The second-order valence-electron chi connectivity index (χ2n) is 6.91. The van der Waals surface area contributed by atoms with Crippen LogP contribution < -0.4 is 5.32 Å². The lowest BCUT2D eigenvalue weighted by molar-refractivity contribution is 0.0946. The zero-order valence-electron chi connectivity index (χ0n) is 14.4. The van der Waals surface area contributed by atoms with Crippen molar-refractivity contribution in [3.63, 3.8) is 0 Å². The van der Waals surface area contributed by atoms with Crippen molar-refractivity contribution in [2.75, 3.05) is 19.3 Å². The molecule has 2 fully saturated rings. The van der Waals surface area contributed by atoms with Crippen molar-refractivity contribution >= 4 is 15.9 Å². The molecule has 0 radical (unpaired) electrons. The Balaban J connectivity index is 1.63. The molecule has 24 heavy (non-hydrogen) atoms. The summed E-state index contributed by atoms with van der Waals surface area (Å²) in [6.07, 6.45) is 9.15. The molecule has 1 aliphatic carbocycles. The quantitative estimate of drug-likeness (QED) is 0.868. The number of sulfonamides is 1. The van der Waals surface area contributed by atoms with Gasteiger partial charge in [0.15, 0.2) is 0 Å². The van der Waals surface area contributed by atoms with Gasteiger partial charge >= 0.3 is 0 Å². The zero-order valence-corrected chi connectivity index (χ0v) is 15.2. The maximum Gasteiger partial charge on any atom is 0.254 e. The first-order chi connectivity index (χ1) is 11.4. The molecule has 0 spiro atoms. The van der Waals surface area contributed by atoms with Crippen LogP contribution in [-0.2, 0) is 10.0 Å². The van der Waals surface area contributed by atoms with E-state index in [0.29, 0.717) is 24.7 Å². The van der Waals surface area contributed by atoms with Crippen LogP contribution in [0.25, 0.3) is 0 Å². The first-order valence-electron chi connectivity index (χ1n) is 8.67. The van der Waals surface area contributed by atoms with Gasteiger partial charge in [0.05, 0.1) is 24.1 Å². The number of hydrogen-bond donors (Lipinski definition) is 1. The molecular weight excluding hydrogens is 328 g/mol. The summed E-state index contributed by atoms with van der Waals surface area (Å²) in [5, 5.41) is 7.29. The summed E-state index contributed by atoms with van der Waals surface area (Å²) in [4.78, 5) is 12.5. The lowest BCUT2D eigenvalue weighted by atomic mass is 10.2. The second kappa shape index (κ2) is 6.84. The molecule has 1 atom stereocenters. The van der Waals surface area contributed by atoms with Crippen LogP contribution in [0.2, 0.25) is 0 Å². The van der Waals surface area contributed by atoms with Crippen LogP contribution in [0.5, 0.6) is 0 Å². The van der Waals surface area contributed by atoms with Gasteiger partial charge in [0.2, 0.25) is 10.0 Å². The molecular formula is C16H26N4O3S. The molecule has 3 rings (SSSR count). The lowest BCUT2D eigenvalue weighted by Gasteiger charge is -2.22. The van der Waals surface area contributed by atoms with E-state index in [1.54, 1.807) is 6.20 Å². The summed E-state index contributed by atoms with van der Waals surface area (Å²) < 4.78 is 27.0. The number of carbonyl (C=O) groups is 1. The number of hydrogen-bond acceptors (Lipinski definition) is 4. The Morgan fingerprint density at radius 2 is 2.00 bits per heavy atom. The Kier molecular flexibility index (Phi) is 4.96. The summed E-state index contributed by atoms with van der Waals surface area (Å²) in [6.45, 7) is 2.82. The van der Waals surface area contributed by atoms with E-state index in [4.69, 9.17) is 0 Å². The number of carbonyl (C=O) groups excluding carboxylic acids is 1. The van der Waals surface area contributed by atoms with Crippen molar-refractivity contribution in [3.05, 3.63) is 17.5 Å². The third kappa shape index (κ3) is 3.49. The first-order valence-corrected chi connectivity index (χ1v) is 10.5. The van der Waals surface area contributed by atoms with Crippen molar-refractivity contribution in [1.29, 1.82) is 0 Å². The minimum Gasteiger partial charge on any atom is -0.350 e. The van der Waals surface area contributed by atoms with Crippen LogP contribution >= 0.6 is 0 Å². The van der Waals surface area contributed by atoms with Gasteiger partial charge in [-0.2, -0.15) is 9.40 Å². The van der Waals surface area contributed by atoms with Crippen molar-refractivity contribution in [1.82, 2.24) is 19.4 Å². The summed E-state index contributed by atoms with van der Waals surface area (Å²) in [7, 11) is -3.21. The minimum atomic E-state index is -3.21. The Labute approximate surface area is 143 Å². The molecule has 1 aromatic heterocycles. The molecule has 1 amide bonds. The van der Waals surface area contributed by atoms with Crippen molar-refractivity contribution in [3.8, 4) is 0 Å². The zero-order chi connectivity index (χ0) is 17.3. The fourth-order valence-electron chi connectivity index (χ4n) is 3.92. The third-order valence-corrected chi connectivity index (χ3v) is 6.54. The van der Waals surface area contributed by atoms with Crippen molar-refractivity contribution in [2.45, 2.75) is 57.5 Å². The molecule has 1 N–H and O–H groups in total. The van der Waals surface area contributed by atoms with Crippen LogP contribution in [0.1, 0.15) is 60.6 Å². The van der Waals surface area contributed by atoms with E-state index in [1.165, 1.54) is 23.4 Å². The summed E-state index contributed by atoms with van der Waals surface area (Å²) in [5.41, 5.74) is 1.48. The summed E-state index contributed by atoms with van der Waals surface area (Å²) in [6, 6.07) is 0.260. The minimum absolute atomic E-state index is 0.144. The van der Waals surface area contributed by atoms with Gasteiger partial charge in [0.25, 0.3) is 5.91 Å². The Morgan fingerprint density at radius 1 is 1.29 bits per heavy atom. The maximum atomic E-state index is 12.5. The van der Waals surface area contributed by atoms with E-state index < -0.39 is 10.0 Å². The Hall–Kier alpha value is -1.41.